The molecule has 0 bridgehead atoms. The Bertz CT molecular complexity index is 547. The molecule has 1 atom stereocenters. The summed E-state index contributed by atoms with van der Waals surface area (Å²) in [5, 5.41) is 4.70. The number of hydrogen-bond acceptors (Lipinski definition) is 4. The van der Waals surface area contributed by atoms with Crippen LogP contribution in [0.5, 0.6) is 0 Å². The van der Waals surface area contributed by atoms with Gasteiger partial charge in [-0.3, -0.25) is 0 Å². The molecule has 1 aromatic carbocycles. The third-order valence-corrected chi connectivity index (χ3v) is 3.74. The molecule has 1 aromatic heterocycles. The summed E-state index contributed by atoms with van der Waals surface area (Å²) in [6.45, 7) is 5.32. The number of nitrogens with zero attached hydrogens (tertiary/aromatic N) is 3. The Kier molecular flexibility index (Phi) is 3.60. The molecular formula is C15H20N4. The van der Waals surface area contributed by atoms with Gasteiger partial charge >= 0.3 is 0 Å². The van der Waals surface area contributed by atoms with Gasteiger partial charge in [-0.25, -0.2) is 9.97 Å². The molecule has 19 heavy (non-hydrogen) atoms. The van der Waals surface area contributed by atoms with Gasteiger partial charge in [0.2, 0.25) is 0 Å². The van der Waals surface area contributed by atoms with Gasteiger partial charge in [-0.15, -0.1) is 0 Å². The molecular weight excluding hydrogens is 236 g/mol. The number of rotatable bonds is 3. The van der Waals surface area contributed by atoms with E-state index in [0.29, 0.717) is 6.04 Å². The van der Waals surface area contributed by atoms with E-state index >= 15 is 0 Å². The summed E-state index contributed by atoms with van der Waals surface area (Å²) in [5.41, 5.74) is 1.03. The first-order chi connectivity index (χ1) is 9.38. The zero-order valence-corrected chi connectivity index (χ0v) is 11.3. The maximum Gasteiger partial charge on any atom is 0.139 e. The van der Waals surface area contributed by atoms with Crippen LogP contribution < -0.4 is 10.2 Å². The average molecular weight is 256 g/mol. The molecule has 0 aliphatic carbocycles. The molecule has 0 amide bonds. The fourth-order valence-electron chi connectivity index (χ4n) is 2.87. The first-order valence-corrected chi connectivity index (χ1v) is 7.06. The molecule has 0 spiro atoms. The number of hydrogen-bond donors (Lipinski definition) is 1. The van der Waals surface area contributed by atoms with Crippen molar-refractivity contribution in [1.29, 1.82) is 0 Å². The summed E-state index contributed by atoms with van der Waals surface area (Å²) in [4.78, 5) is 11.2. The molecule has 1 aliphatic heterocycles. The summed E-state index contributed by atoms with van der Waals surface area (Å²) < 4.78 is 0. The van der Waals surface area contributed by atoms with E-state index in [1.54, 1.807) is 6.33 Å². The first kappa shape index (κ1) is 12.4. The number of fused-ring (bicyclic) bond motifs is 1. The lowest BCUT2D eigenvalue weighted by atomic mass is 10.1. The van der Waals surface area contributed by atoms with Crippen molar-refractivity contribution in [2.75, 3.05) is 24.5 Å². The van der Waals surface area contributed by atoms with Gasteiger partial charge in [0.15, 0.2) is 0 Å². The lowest BCUT2D eigenvalue weighted by Crippen LogP contribution is -2.46. The van der Waals surface area contributed by atoms with Crippen LogP contribution >= 0.6 is 0 Å². The number of benzene rings is 1. The number of piperidine rings is 1. The fourth-order valence-corrected chi connectivity index (χ4v) is 2.87. The zero-order valence-electron chi connectivity index (χ0n) is 11.3. The molecule has 100 valence electrons. The van der Waals surface area contributed by atoms with Crippen molar-refractivity contribution in [2.24, 2.45) is 0 Å². The minimum absolute atomic E-state index is 0.576. The van der Waals surface area contributed by atoms with Crippen molar-refractivity contribution in [3.8, 4) is 0 Å². The smallest absolute Gasteiger partial charge is 0.139 e. The second-order valence-corrected chi connectivity index (χ2v) is 5.06. The summed E-state index contributed by atoms with van der Waals surface area (Å²) in [6.07, 6.45) is 4.15. The second kappa shape index (κ2) is 5.53. The lowest BCUT2D eigenvalue weighted by Gasteiger charge is -2.34. The van der Waals surface area contributed by atoms with Crippen molar-refractivity contribution in [2.45, 2.75) is 25.8 Å². The summed E-state index contributed by atoms with van der Waals surface area (Å²) in [5.74, 6) is 1.08. The highest BCUT2D eigenvalue weighted by molar-refractivity contribution is 5.89. The van der Waals surface area contributed by atoms with Gasteiger partial charge in [0.1, 0.15) is 12.1 Å². The predicted octanol–water partition coefficient (Wildman–Crippen LogP) is 2.21. The van der Waals surface area contributed by atoms with Crippen LogP contribution in [0.25, 0.3) is 10.9 Å². The number of anilines is 1. The van der Waals surface area contributed by atoms with E-state index in [0.717, 1.165) is 36.4 Å². The van der Waals surface area contributed by atoms with Gasteiger partial charge in [-0.05, 0) is 31.5 Å². The molecule has 4 nitrogen and oxygen atoms in total. The van der Waals surface area contributed by atoms with Crippen LogP contribution in [0.15, 0.2) is 30.6 Å². The van der Waals surface area contributed by atoms with Crippen LogP contribution in [0, 0.1) is 0 Å². The number of aromatic nitrogens is 2. The van der Waals surface area contributed by atoms with E-state index in [2.05, 4.69) is 39.2 Å². The molecule has 3 rings (SSSR count). The summed E-state index contributed by atoms with van der Waals surface area (Å²) in [7, 11) is 0. The minimum atomic E-state index is 0.576. The van der Waals surface area contributed by atoms with Crippen molar-refractivity contribution < 1.29 is 0 Å². The molecule has 4 heteroatoms. The van der Waals surface area contributed by atoms with E-state index in [1.165, 1.54) is 12.8 Å². The van der Waals surface area contributed by atoms with Crippen LogP contribution in [-0.4, -0.2) is 35.6 Å². The third kappa shape index (κ3) is 2.54. The molecule has 1 saturated heterocycles. The van der Waals surface area contributed by atoms with Crippen LogP contribution in [-0.2, 0) is 0 Å². The Morgan fingerprint density at radius 1 is 1.32 bits per heavy atom. The largest absolute Gasteiger partial charge is 0.354 e. The monoisotopic (exact) mass is 256 g/mol. The van der Waals surface area contributed by atoms with Gasteiger partial charge in [0, 0.05) is 24.5 Å². The lowest BCUT2D eigenvalue weighted by molar-refractivity contribution is 0.430. The quantitative estimate of drug-likeness (QED) is 0.914. The van der Waals surface area contributed by atoms with E-state index in [1.807, 2.05) is 12.1 Å². The average Bonchev–Trinajstić information content (AvgIpc) is 2.47. The summed E-state index contributed by atoms with van der Waals surface area (Å²) in [6, 6.07) is 8.82. The number of para-hydroxylation sites is 1. The van der Waals surface area contributed by atoms with E-state index in [-0.39, 0.29) is 0 Å². The highest BCUT2D eigenvalue weighted by atomic mass is 15.2. The predicted molar refractivity (Wildman–Crippen MR) is 78.4 cm³/mol. The van der Waals surface area contributed by atoms with E-state index in [4.69, 9.17) is 0 Å². The van der Waals surface area contributed by atoms with Crippen molar-refractivity contribution in [1.82, 2.24) is 15.3 Å². The molecule has 2 aromatic rings. The molecule has 2 heterocycles. The van der Waals surface area contributed by atoms with Crippen LogP contribution in [0.3, 0.4) is 0 Å². The minimum Gasteiger partial charge on any atom is -0.354 e. The zero-order chi connectivity index (χ0) is 13.1. The fraction of sp³-hybridized carbons (Fsp3) is 0.467. The highest BCUT2D eigenvalue weighted by Gasteiger charge is 2.21. The Morgan fingerprint density at radius 3 is 3.11 bits per heavy atom. The SMILES string of the molecule is CCNC1CCCN(c2ncnc3ccccc23)C1. The van der Waals surface area contributed by atoms with Crippen LogP contribution in [0.2, 0.25) is 0 Å². The van der Waals surface area contributed by atoms with Crippen molar-refractivity contribution in [3.05, 3.63) is 30.6 Å². The van der Waals surface area contributed by atoms with Gasteiger partial charge in [0.25, 0.3) is 0 Å². The Labute approximate surface area is 113 Å². The van der Waals surface area contributed by atoms with Crippen LogP contribution in [0.4, 0.5) is 5.82 Å². The topological polar surface area (TPSA) is 41.0 Å². The highest BCUT2D eigenvalue weighted by Crippen LogP contribution is 2.25. The third-order valence-electron chi connectivity index (χ3n) is 3.74. The molecule has 1 N–H and O–H groups in total. The normalized spacial score (nSPS) is 19.8. The molecule has 1 aliphatic rings. The Hall–Kier alpha value is -1.68. The van der Waals surface area contributed by atoms with Gasteiger partial charge in [0.05, 0.1) is 5.52 Å². The molecule has 1 unspecified atom stereocenters. The second-order valence-electron chi connectivity index (χ2n) is 5.06. The number of likely N-dealkylation sites (N-methyl/N-ethyl adjacent to an activating group) is 1. The molecule has 0 saturated carbocycles. The number of nitrogens with one attached hydrogen (secondary N) is 1. The van der Waals surface area contributed by atoms with E-state index in [9.17, 15) is 0 Å². The van der Waals surface area contributed by atoms with Crippen molar-refractivity contribution in [3.63, 3.8) is 0 Å². The van der Waals surface area contributed by atoms with Crippen molar-refractivity contribution >= 4 is 16.7 Å². The van der Waals surface area contributed by atoms with Gasteiger partial charge in [-0.2, -0.15) is 0 Å². The maximum absolute atomic E-state index is 4.51. The first-order valence-electron chi connectivity index (χ1n) is 7.06. The van der Waals surface area contributed by atoms with Gasteiger partial charge < -0.3 is 10.2 Å². The standard InChI is InChI=1S/C15H20N4/c1-2-16-12-6-5-9-19(10-12)15-13-7-3-4-8-14(13)17-11-18-15/h3-4,7-8,11-12,16H,2,5-6,9-10H2,1H3. The van der Waals surface area contributed by atoms with E-state index < -0.39 is 0 Å². The Morgan fingerprint density at radius 2 is 2.21 bits per heavy atom. The molecule has 1 fully saturated rings. The maximum atomic E-state index is 4.51. The Balaban J connectivity index is 1.91. The summed E-state index contributed by atoms with van der Waals surface area (Å²) >= 11 is 0. The van der Waals surface area contributed by atoms with Gasteiger partial charge in [-0.1, -0.05) is 19.1 Å². The molecule has 0 radical (unpaired) electrons. The van der Waals surface area contributed by atoms with Crippen LogP contribution in [0.1, 0.15) is 19.8 Å².